The van der Waals surface area contributed by atoms with Crippen LogP contribution in [-0.2, 0) is 9.53 Å². The highest BCUT2D eigenvalue weighted by atomic mass is 35.5. The van der Waals surface area contributed by atoms with E-state index >= 15 is 0 Å². The first-order valence-corrected chi connectivity index (χ1v) is 3.68. The number of halogens is 1. The van der Waals surface area contributed by atoms with Gasteiger partial charge in [0.05, 0.1) is 5.88 Å². The average Bonchev–Trinajstić information content (AvgIpc) is 1.99. The first-order valence-electron chi connectivity index (χ1n) is 3.14. The largest absolute Gasteiger partial charge is 0.460 e. The zero-order valence-corrected chi connectivity index (χ0v) is 7.10. The molecule has 4 heteroatoms. The molecule has 0 rings (SSSR count). The summed E-state index contributed by atoms with van der Waals surface area (Å²) in [4.78, 5) is 10.7. The Hall–Kier alpha value is -0.540. The lowest BCUT2D eigenvalue weighted by Crippen LogP contribution is -2.19. The normalized spacial score (nSPS) is 12.3. The highest BCUT2D eigenvalue weighted by Crippen LogP contribution is 1.94. The monoisotopic (exact) mass is 178 g/mol. The minimum Gasteiger partial charge on any atom is -0.460 e. The van der Waals surface area contributed by atoms with Crippen molar-refractivity contribution >= 4 is 17.6 Å². The van der Waals surface area contributed by atoms with Gasteiger partial charge in [0.25, 0.3) is 0 Å². The Labute approximate surface area is 70.6 Å². The van der Waals surface area contributed by atoms with Crippen LogP contribution in [0.25, 0.3) is 0 Å². The Balaban J connectivity index is 3.54. The quantitative estimate of drug-likeness (QED) is 0.392. The maximum atomic E-state index is 10.7. The molecule has 0 aliphatic rings. The summed E-state index contributed by atoms with van der Waals surface area (Å²) in [7, 11) is 0. The molecule has 1 atom stereocenters. The van der Waals surface area contributed by atoms with Crippen molar-refractivity contribution in [2.45, 2.75) is 13.0 Å². The Bertz CT molecular complexity index is 156. The predicted octanol–water partition coefficient (Wildman–Crippen LogP) is 0.705. The van der Waals surface area contributed by atoms with Crippen molar-refractivity contribution in [2.24, 2.45) is 0 Å². The van der Waals surface area contributed by atoms with E-state index in [-0.39, 0.29) is 12.5 Å². The van der Waals surface area contributed by atoms with Crippen LogP contribution in [-0.4, -0.2) is 29.7 Å². The van der Waals surface area contributed by atoms with E-state index in [9.17, 15) is 4.79 Å². The fourth-order valence-electron chi connectivity index (χ4n) is 0.340. The molecule has 0 spiro atoms. The van der Waals surface area contributed by atoms with Gasteiger partial charge >= 0.3 is 5.97 Å². The van der Waals surface area contributed by atoms with Crippen molar-refractivity contribution in [3.63, 3.8) is 0 Å². The van der Waals surface area contributed by atoms with Gasteiger partial charge < -0.3 is 9.84 Å². The zero-order valence-electron chi connectivity index (χ0n) is 6.34. The van der Waals surface area contributed by atoms with Gasteiger partial charge in [-0.3, -0.25) is 0 Å². The molecule has 1 N–H and O–H groups in total. The van der Waals surface area contributed by atoms with E-state index in [0.717, 1.165) is 0 Å². The number of esters is 1. The van der Waals surface area contributed by atoms with Crippen LogP contribution >= 0.6 is 11.6 Å². The number of alkyl halides is 1. The van der Waals surface area contributed by atoms with Gasteiger partial charge in [-0.05, 0) is 6.92 Å². The van der Waals surface area contributed by atoms with Gasteiger partial charge in [-0.1, -0.05) is 6.58 Å². The molecule has 0 saturated carbocycles. The third-order valence-corrected chi connectivity index (χ3v) is 1.29. The molecular weight excluding hydrogens is 168 g/mol. The number of hydrogen-bond acceptors (Lipinski definition) is 3. The SMILES string of the molecule is C=C(C)C(=O)OCC(O)CCl. The van der Waals surface area contributed by atoms with Gasteiger partial charge in [0, 0.05) is 5.57 Å². The van der Waals surface area contributed by atoms with Crippen LogP contribution in [0.4, 0.5) is 0 Å². The lowest BCUT2D eigenvalue weighted by atomic mass is 10.3. The van der Waals surface area contributed by atoms with E-state index in [1.54, 1.807) is 0 Å². The molecule has 0 saturated heterocycles. The van der Waals surface area contributed by atoms with Crippen LogP contribution in [0.2, 0.25) is 0 Å². The summed E-state index contributed by atoms with van der Waals surface area (Å²) in [5, 5.41) is 8.85. The van der Waals surface area contributed by atoms with E-state index in [1.807, 2.05) is 0 Å². The number of rotatable bonds is 4. The maximum absolute atomic E-state index is 10.7. The van der Waals surface area contributed by atoms with Crippen LogP contribution in [0.1, 0.15) is 6.92 Å². The van der Waals surface area contributed by atoms with Crippen molar-refractivity contribution in [1.82, 2.24) is 0 Å². The van der Waals surface area contributed by atoms with Crippen molar-refractivity contribution in [3.05, 3.63) is 12.2 Å². The summed E-state index contributed by atoms with van der Waals surface area (Å²) in [5.74, 6) is -0.446. The highest BCUT2D eigenvalue weighted by molar-refractivity contribution is 6.18. The smallest absolute Gasteiger partial charge is 0.333 e. The highest BCUT2D eigenvalue weighted by Gasteiger charge is 2.07. The van der Waals surface area contributed by atoms with Crippen LogP contribution < -0.4 is 0 Å². The molecule has 1 unspecified atom stereocenters. The van der Waals surface area contributed by atoms with Gasteiger partial charge in [0.2, 0.25) is 0 Å². The Morgan fingerprint density at radius 3 is 2.73 bits per heavy atom. The average molecular weight is 179 g/mol. The Morgan fingerprint density at radius 1 is 1.82 bits per heavy atom. The van der Waals surface area contributed by atoms with Crippen molar-refractivity contribution < 1.29 is 14.6 Å². The summed E-state index contributed by atoms with van der Waals surface area (Å²) in [6, 6.07) is 0. The number of ether oxygens (including phenoxy) is 1. The lowest BCUT2D eigenvalue weighted by molar-refractivity contribution is -0.141. The van der Waals surface area contributed by atoms with E-state index in [2.05, 4.69) is 11.3 Å². The van der Waals surface area contributed by atoms with Crippen LogP contribution in [0, 0.1) is 0 Å². The van der Waals surface area contributed by atoms with Crippen molar-refractivity contribution in [3.8, 4) is 0 Å². The molecule has 64 valence electrons. The van der Waals surface area contributed by atoms with Gasteiger partial charge in [0.15, 0.2) is 0 Å². The molecule has 0 amide bonds. The topological polar surface area (TPSA) is 46.5 Å². The molecule has 0 bridgehead atoms. The number of aliphatic hydroxyl groups is 1. The number of carbonyl (C=O) groups excluding carboxylic acids is 1. The first-order chi connectivity index (χ1) is 5.07. The second-order valence-electron chi connectivity index (χ2n) is 2.19. The number of aliphatic hydroxyl groups excluding tert-OH is 1. The molecule has 0 heterocycles. The molecule has 11 heavy (non-hydrogen) atoms. The fraction of sp³-hybridized carbons (Fsp3) is 0.571. The third-order valence-electron chi connectivity index (χ3n) is 0.933. The van der Waals surface area contributed by atoms with Crippen LogP contribution in [0.5, 0.6) is 0 Å². The van der Waals surface area contributed by atoms with Gasteiger partial charge in [-0.15, -0.1) is 11.6 Å². The van der Waals surface area contributed by atoms with Crippen LogP contribution in [0.15, 0.2) is 12.2 Å². The van der Waals surface area contributed by atoms with Gasteiger partial charge in [-0.25, -0.2) is 4.79 Å². The molecule has 3 nitrogen and oxygen atoms in total. The van der Waals surface area contributed by atoms with E-state index < -0.39 is 12.1 Å². The second kappa shape index (κ2) is 5.16. The van der Waals surface area contributed by atoms with Crippen molar-refractivity contribution in [1.29, 1.82) is 0 Å². The molecular formula is C7H11ClO3. The molecule has 0 aromatic carbocycles. The first kappa shape index (κ1) is 10.5. The summed E-state index contributed by atoms with van der Waals surface area (Å²) >= 11 is 5.25. The molecule has 0 aliphatic heterocycles. The minimum atomic E-state index is -0.792. The number of hydrogen-bond donors (Lipinski definition) is 1. The second-order valence-corrected chi connectivity index (χ2v) is 2.50. The maximum Gasteiger partial charge on any atom is 0.333 e. The van der Waals surface area contributed by atoms with Gasteiger partial charge in [-0.2, -0.15) is 0 Å². The summed E-state index contributed by atoms with van der Waals surface area (Å²) in [6.45, 7) is 4.83. The van der Waals surface area contributed by atoms with Crippen LogP contribution in [0.3, 0.4) is 0 Å². The van der Waals surface area contributed by atoms with E-state index in [1.165, 1.54) is 6.92 Å². The Kier molecular flexibility index (Phi) is 4.90. The minimum absolute atomic E-state index is 0.0590. The summed E-state index contributed by atoms with van der Waals surface area (Å²) in [5.41, 5.74) is 0.312. The van der Waals surface area contributed by atoms with E-state index in [4.69, 9.17) is 16.7 Å². The Morgan fingerprint density at radius 2 is 2.36 bits per heavy atom. The number of carbonyl (C=O) groups is 1. The molecule has 0 fully saturated rings. The summed E-state index contributed by atoms with van der Waals surface area (Å²) in [6.07, 6.45) is -0.792. The van der Waals surface area contributed by atoms with Gasteiger partial charge in [0.1, 0.15) is 12.7 Å². The molecule has 0 radical (unpaired) electrons. The zero-order chi connectivity index (χ0) is 8.85. The lowest BCUT2D eigenvalue weighted by Gasteiger charge is -2.07. The standard InChI is InChI=1S/C7H11ClO3/c1-5(2)7(10)11-4-6(9)3-8/h6,9H,1,3-4H2,2H3. The molecule has 0 aromatic rings. The fourth-order valence-corrected chi connectivity index (χ4v) is 0.429. The summed E-state index contributed by atoms with van der Waals surface area (Å²) < 4.78 is 4.58. The predicted molar refractivity (Wildman–Crippen MR) is 42.5 cm³/mol. The van der Waals surface area contributed by atoms with E-state index in [0.29, 0.717) is 5.57 Å². The third kappa shape index (κ3) is 4.81. The molecule has 0 aliphatic carbocycles. The molecule has 0 aromatic heterocycles. The van der Waals surface area contributed by atoms with Crippen molar-refractivity contribution in [2.75, 3.05) is 12.5 Å².